The van der Waals surface area contributed by atoms with Crippen LogP contribution in [0, 0.1) is 0 Å². The smallest absolute Gasteiger partial charge is 0.430 e. The molecule has 25 heavy (non-hydrogen) atoms. The molecule has 0 N–H and O–H groups in total. The average Bonchev–Trinajstić information content (AvgIpc) is 3.07. The third kappa shape index (κ3) is 15.2. The van der Waals surface area contributed by atoms with Gasteiger partial charge in [0.05, 0.1) is 26.2 Å². The van der Waals surface area contributed by atoms with Crippen LogP contribution < -0.4 is 5.11 Å². The minimum absolute atomic E-state index is 1.00. The average molecular weight is 371 g/mol. The van der Waals surface area contributed by atoms with Gasteiger partial charge in [-0.15, -0.1) is 0 Å². The van der Waals surface area contributed by atoms with Crippen molar-refractivity contribution >= 4 is 5.97 Å². The van der Waals surface area contributed by atoms with E-state index in [9.17, 15) is 13.2 Å². The first-order valence-electron chi connectivity index (χ1n) is 9.40. The molecule has 152 valence electrons. The Morgan fingerprint density at radius 3 is 1.28 bits per heavy atom. The number of ether oxygens (including phenoxy) is 1. The Morgan fingerprint density at radius 1 is 0.880 bits per heavy atom. The normalized spacial score (nSPS) is 14.2. The van der Waals surface area contributed by atoms with Crippen LogP contribution in [0.5, 0.6) is 0 Å². The summed E-state index contributed by atoms with van der Waals surface area (Å²) >= 11 is 0. The van der Waals surface area contributed by atoms with Gasteiger partial charge in [0, 0.05) is 13.2 Å². The van der Waals surface area contributed by atoms with Crippen LogP contribution >= 0.6 is 0 Å². The molecule has 0 radical (unpaired) electrons. The maximum atomic E-state index is 10.5. The predicted molar refractivity (Wildman–Crippen MR) is 92.0 cm³/mol. The van der Waals surface area contributed by atoms with E-state index < -0.39 is 12.1 Å². The van der Waals surface area contributed by atoms with Crippen molar-refractivity contribution in [2.45, 2.75) is 72.4 Å². The largest absolute Gasteiger partial charge is 0.542 e. The molecule has 1 rings (SSSR count). The van der Waals surface area contributed by atoms with Crippen molar-refractivity contribution in [2.75, 3.05) is 39.4 Å². The first-order chi connectivity index (χ1) is 11.7. The molecule has 0 saturated carbocycles. The lowest BCUT2D eigenvalue weighted by atomic mass is 10.2. The van der Waals surface area contributed by atoms with Crippen molar-refractivity contribution in [3.63, 3.8) is 0 Å². The molecule has 0 aromatic rings. The summed E-state index contributed by atoms with van der Waals surface area (Å²) in [6, 6.07) is 0. The Labute approximate surface area is 150 Å². The summed E-state index contributed by atoms with van der Waals surface area (Å²) in [5.74, 6) is -3.01. The van der Waals surface area contributed by atoms with Gasteiger partial charge in [-0.3, -0.25) is 0 Å². The van der Waals surface area contributed by atoms with Gasteiger partial charge in [0.25, 0.3) is 0 Å². The molecule has 0 aliphatic carbocycles. The molecule has 1 aliphatic heterocycles. The molecule has 0 bridgehead atoms. The van der Waals surface area contributed by atoms with Crippen molar-refractivity contribution in [3.8, 4) is 0 Å². The summed E-state index contributed by atoms with van der Waals surface area (Å²) in [7, 11) is 0. The number of nitrogens with zero attached hydrogens (tertiary/aromatic N) is 1. The summed E-state index contributed by atoms with van der Waals surface area (Å²) in [6.07, 6.45) is 2.69. The Bertz CT molecular complexity index is 282. The van der Waals surface area contributed by atoms with Gasteiger partial charge in [-0.2, -0.15) is 13.2 Å². The van der Waals surface area contributed by atoms with E-state index in [1.165, 1.54) is 69.2 Å². The van der Waals surface area contributed by atoms with Gasteiger partial charge in [-0.25, -0.2) is 0 Å². The Kier molecular flexibility index (Phi) is 16.3. The van der Waals surface area contributed by atoms with Crippen molar-refractivity contribution in [1.82, 2.24) is 0 Å². The van der Waals surface area contributed by atoms with Crippen molar-refractivity contribution < 1.29 is 32.3 Å². The van der Waals surface area contributed by atoms with Crippen LogP contribution in [-0.2, 0) is 9.53 Å². The van der Waals surface area contributed by atoms with E-state index in [4.69, 9.17) is 14.6 Å². The van der Waals surface area contributed by atoms with Gasteiger partial charge in [-0.1, -0.05) is 27.7 Å². The third-order valence-electron chi connectivity index (χ3n) is 3.85. The number of hydrogen-bond acceptors (Lipinski definition) is 3. The second-order valence-corrected chi connectivity index (χ2v) is 6.34. The molecule has 1 saturated heterocycles. The zero-order valence-electron chi connectivity index (χ0n) is 16.3. The molecule has 1 heterocycles. The van der Waals surface area contributed by atoms with E-state index in [1.807, 2.05) is 0 Å². The Balaban J connectivity index is 0. The second-order valence-electron chi connectivity index (χ2n) is 6.34. The fourth-order valence-corrected chi connectivity index (χ4v) is 3.08. The quantitative estimate of drug-likeness (QED) is 0.613. The van der Waals surface area contributed by atoms with Crippen LogP contribution in [0.2, 0.25) is 0 Å². The fraction of sp³-hybridized carbons (Fsp3) is 0.944. The number of carbonyl (C=O) groups is 1. The van der Waals surface area contributed by atoms with Crippen LogP contribution in [0.1, 0.15) is 66.2 Å². The molecular formula is C18H36F3NO3. The van der Waals surface area contributed by atoms with Crippen molar-refractivity contribution in [3.05, 3.63) is 0 Å². The number of carbonyl (C=O) groups excluding carboxylic acids is 1. The van der Waals surface area contributed by atoms with E-state index in [2.05, 4.69) is 27.7 Å². The molecule has 4 nitrogen and oxygen atoms in total. The summed E-state index contributed by atoms with van der Waals surface area (Å²) in [6.45, 7) is 16.8. The van der Waals surface area contributed by atoms with Gasteiger partial charge in [-0.05, 0) is 38.5 Å². The van der Waals surface area contributed by atoms with Gasteiger partial charge in [0.15, 0.2) is 0 Å². The molecular weight excluding hydrogens is 335 g/mol. The first kappa shape index (κ1) is 26.4. The summed E-state index contributed by atoms with van der Waals surface area (Å²) in [5.41, 5.74) is 0. The van der Waals surface area contributed by atoms with E-state index in [1.54, 1.807) is 0 Å². The number of halogens is 3. The molecule has 0 spiro atoms. The van der Waals surface area contributed by atoms with Crippen LogP contribution in [0.4, 0.5) is 13.2 Å². The van der Waals surface area contributed by atoms with Gasteiger partial charge in [0.1, 0.15) is 5.97 Å². The minimum Gasteiger partial charge on any atom is -0.542 e. The number of carboxylic acids is 1. The minimum atomic E-state index is -5.19. The van der Waals surface area contributed by atoms with Gasteiger partial charge >= 0.3 is 6.18 Å². The van der Waals surface area contributed by atoms with Crippen LogP contribution in [0.3, 0.4) is 0 Å². The number of quaternary nitrogens is 1. The maximum absolute atomic E-state index is 10.5. The summed E-state index contributed by atoms with van der Waals surface area (Å²) < 4.78 is 37.9. The van der Waals surface area contributed by atoms with Crippen LogP contribution in [0.15, 0.2) is 0 Å². The number of carboxylic acid groups (broad SMARTS) is 1. The highest BCUT2D eigenvalue weighted by molar-refractivity contribution is 5.70. The van der Waals surface area contributed by atoms with Crippen LogP contribution in [0.25, 0.3) is 0 Å². The Hall–Kier alpha value is -0.820. The molecule has 1 fully saturated rings. The van der Waals surface area contributed by atoms with Gasteiger partial charge in [0.2, 0.25) is 0 Å². The van der Waals surface area contributed by atoms with E-state index in [0.717, 1.165) is 13.2 Å². The summed E-state index contributed by atoms with van der Waals surface area (Å²) in [5, 5.41) is 8.78. The monoisotopic (exact) mass is 371 g/mol. The SMILES string of the molecule is C1CCOC1.CCC[N+](CCC)(CCC)CCC.O=C([O-])C(F)(F)F. The lowest BCUT2D eigenvalue weighted by Crippen LogP contribution is -2.50. The molecule has 1 aliphatic rings. The zero-order chi connectivity index (χ0) is 19.8. The van der Waals surface area contributed by atoms with E-state index in [0.29, 0.717) is 0 Å². The molecule has 0 aromatic carbocycles. The highest BCUT2D eigenvalue weighted by atomic mass is 19.4. The van der Waals surface area contributed by atoms with Crippen molar-refractivity contribution in [1.29, 1.82) is 0 Å². The van der Waals surface area contributed by atoms with Crippen LogP contribution in [-0.4, -0.2) is 56.0 Å². The van der Waals surface area contributed by atoms with Gasteiger partial charge < -0.3 is 19.1 Å². The molecule has 7 heteroatoms. The van der Waals surface area contributed by atoms with Crippen molar-refractivity contribution in [2.24, 2.45) is 0 Å². The topological polar surface area (TPSA) is 49.4 Å². The van der Waals surface area contributed by atoms with E-state index in [-0.39, 0.29) is 0 Å². The predicted octanol–water partition coefficient (Wildman–Crippen LogP) is 3.54. The second kappa shape index (κ2) is 15.4. The summed E-state index contributed by atoms with van der Waals surface area (Å²) in [4.78, 5) is 8.78. The molecule has 0 amide bonds. The lowest BCUT2D eigenvalue weighted by Gasteiger charge is -2.38. The first-order valence-corrected chi connectivity index (χ1v) is 9.40. The molecule has 0 aromatic heterocycles. The zero-order valence-corrected chi connectivity index (χ0v) is 16.3. The number of alkyl halides is 3. The fourth-order valence-electron chi connectivity index (χ4n) is 3.08. The number of hydrogen-bond donors (Lipinski definition) is 0. The highest BCUT2D eigenvalue weighted by Crippen LogP contribution is 2.12. The number of aliphatic carboxylic acids is 1. The number of rotatable bonds is 8. The highest BCUT2D eigenvalue weighted by Gasteiger charge is 2.28. The van der Waals surface area contributed by atoms with E-state index >= 15 is 0 Å². The third-order valence-corrected chi connectivity index (χ3v) is 3.85. The molecule has 0 atom stereocenters. The lowest BCUT2D eigenvalue weighted by molar-refractivity contribution is -0.928. The molecule has 0 unspecified atom stereocenters. The Morgan fingerprint density at radius 2 is 1.16 bits per heavy atom. The maximum Gasteiger partial charge on any atom is 0.430 e. The standard InChI is InChI=1S/C12H28N.C4H8O.C2HF3O2/c1-5-9-13(10-6-2,11-7-3)12-8-4;1-2-4-5-3-1;3-2(4,5)1(6)7/h5-12H2,1-4H3;1-4H2;(H,6,7)/q+1;;/p-1.